The molecular formula is C23H29N3O4S. The second-order valence-corrected chi connectivity index (χ2v) is 7.33. The number of hydrogen-bond donors (Lipinski definition) is 3. The maximum absolute atomic E-state index is 12.5. The van der Waals surface area contributed by atoms with Crippen molar-refractivity contribution in [3.05, 3.63) is 59.7 Å². The molecule has 3 N–H and O–H groups in total. The van der Waals surface area contributed by atoms with Crippen molar-refractivity contribution in [2.45, 2.75) is 32.8 Å². The molecule has 0 saturated carbocycles. The van der Waals surface area contributed by atoms with Gasteiger partial charge in [-0.3, -0.25) is 14.9 Å². The highest BCUT2D eigenvalue weighted by Gasteiger charge is 2.13. The molecule has 0 aromatic heterocycles. The van der Waals surface area contributed by atoms with Crippen LogP contribution in [0.2, 0.25) is 0 Å². The molecule has 8 heteroatoms. The van der Waals surface area contributed by atoms with Crippen molar-refractivity contribution < 1.29 is 19.1 Å². The molecule has 1 atom stereocenters. The highest BCUT2D eigenvalue weighted by atomic mass is 32.1. The number of methoxy groups -OCH3 is 1. The van der Waals surface area contributed by atoms with Crippen LogP contribution in [0.4, 0.5) is 5.69 Å². The van der Waals surface area contributed by atoms with Crippen molar-refractivity contribution >= 4 is 34.8 Å². The zero-order valence-electron chi connectivity index (χ0n) is 18.1. The van der Waals surface area contributed by atoms with Gasteiger partial charge >= 0.3 is 0 Å². The molecule has 0 heterocycles. The molecule has 0 bridgehead atoms. The van der Waals surface area contributed by atoms with Crippen LogP contribution in [0.15, 0.2) is 48.5 Å². The number of hydrogen-bond acceptors (Lipinski definition) is 5. The average molecular weight is 444 g/mol. The van der Waals surface area contributed by atoms with Gasteiger partial charge in [0.25, 0.3) is 11.8 Å². The first kappa shape index (κ1) is 24.3. The Labute approximate surface area is 188 Å². The molecule has 0 fully saturated rings. The Bertz CT molecular complexity index is 887. The highest BCUT2D eigenvalue weighted by molar-refractivity contribution is 7.80. The van der Waals surface area contributed by atoms with Gasteiger partial charge in [0, 0.05) is 25.8 Å². The standard InChI is InChI=1S/C23H29N3O4S/c1-4-16(2)30-18-12-10-17(11-13-18)21(27)26-23(31)25-20-9-6-5-8-19(20)22(28)24-14-7-15-29-3/h5-6,8-13,16H,4,7,14-15H2,1-3H3,(H,24,28)(H2,25,26,27,31). The number of ether oxygens (including phenoxy) is 2. The molecule has 0 saturated heterocycles. The largest absolute Gasteiger partial charge is 0.491 e. The normalized spacial score (nSPS) is 11.3. The molecule has 31 heavy (non-hydrogen) atoms. The van der Waals surface area contributed by atoms with Crippen LogP contribution < -0.4 is 20.7 Å². The maximum Gasteiger partial charge on any atom is 0.257 e. The van der Waals surface area contributed by atoms with E-state index >= 15 is 0 Å². The number of benzene rings is 2. The second kappa shape index (κ2) is 12.7. The number of rotatable bonds is 10. The number of nitrogens with one attached hydrogen (secondary N) is 3. The number of carbonyl (C=O) groups excluding carboxylic acids is 2. The van der Waals surface area contributed by atoms with E-state index in [1.165, 1.54) is 0 Å². The molecule has 0 spiro atoms. The lowest BCUT2D eigenvalue weighted by atomic mass is 10.1. The first-order valence-electron chi connectivity index (χ1n) is 10.2. The van der Waals surface area contributed by atoms with Gasteiger partial charge in [0.1, 0.15) is 5.75 Å². The summed E-state index contributed by atoms with van der Waals surface area (Å²) in [6.45, 7) is 5.10. The summed E-state index contributed by atoms with van der Waals surface area (Å²) in [7, 11) is 1.62. The topological polar surface area (TPSA) is 88.7 Å². The van der Waals surface area contributed by atoms with Crippen LogP contribution in [0.5, 0.6) is 5.75 Å². The third kappa shape index (κ3) is 7.99. The van der Waals surface area contributed by atoms with E-state index in [4.69, 9.17) is 21.7 Å². The van der Waals surface area contributed by atoms with Gasteiger partial charge in [-0.2, -0.15) is 0 Å². The molecule has 0 aliphatic carbocycles. The average Bonchev–Trinajstić information content (AvgIpc) is 2.77. The molecule has 7 nitrogen and oxygen atoms in total. The Morgan fingerprint density at radius 2 is 1.77 bits per heavy atom. The first-order valence-corrected chi connectivity index (χ1v) is 10.6. The predicted octanol–water partition coefficient (Wildman–Crippen LogP) is 3.76. The summed E-state index contributed by atoms with van der Waals surface area (Å²) in [5.74, 6) is 0.122. The third-order valence-electron chi connectivity index (χ3n) is 4.49. The number of para-hydroxylation sites is 1. The summed E-state index contributed by atoms with van der Waals surface area (Å²) in [6, 6.07) is 13.8. The Hall–Kier alpha value is -2.97. The molecular weight excluding hydrogens is 414 g/mol. The lowest BCUT2D eigenvalue weighted by Crippen LogP contribution is -2.35. The number of thiocarbonyl (C=S) groups is 1. The predicted molar refractivity (Wildman–Crippen MR) is 126 cm³/mol. The molecule has 0 aliphatic heterocycles. The zero-order chi connectivity index (χ0) is 22.6. The number of carbonyl (C=O) groups is 2. The third-order valence-corrected chi connectivity index (χ3v) is 4.69. The Morgan fingerprint density at radius 1 is 1.06 bits per heavy atom. The van der Waals surface area contributed by atoms with Crippen LogP contribution in [-0.4, -0.2) is 43.3 Å². The molecule has 2 aromatic carbocycles. The lowest BCUT2D eigenvalue weighted by Gasteiger charge is -2.14. The van der Waals surface area contributed by atoms with E-state index in [1.54, 1.807) is 55.6 Å². The fourth-order valence-electron chi connectivity index (χ4n) is 2.63. The fraction of sp³-hybridized carbons (Fsp3) is 0.348. The number of amides is 2. The van der Waals surface area contributed by atoms with Crippen molar-refractivity contribution in [1.29, 1.82) is 0 Å². The van der Waals surface area contributed by atoms with E-state index in [-0.39, 0.29) is 23.0 Å². The van der Waals surface area contributed by atoms with Crippen molar-refractivity contribution in [2.75, 3.05) is 25.6 Å². The monoisotopic (exact) mass is 443 g/mol. The van der Waals surface area contributed by atoms with E-state index in [9.17, 15) is 9.59 Å². The summed E-state index contributed by atoms with van der Waals surface area (Å²) in [4.78, 5) is 24.9. The molecule has 1 unspecified atom stereocenters. The molecule has 2 amide bonds. The summed E-state index contributed by atoms with van der Waals surface area (Å²) >= 11 is 5.26. The van der Waals surface area contributed by atoms with Crippen molar-refractivity contribution in [3.8, 4) is 5.75 Å². The first-order chi connectivity index (χ1) is 14.9. The second-order valence-electron chi connectivity index (χ2n) is 6.92. The molecule has 2 rings (SSSR count). The Balaban J connectivity index is 1.95. The molecule has 0 radical (unpaired) electrons. The van der Waals surface area contributed by atoms with E-state index in [0.29, 0.717) is 42.1 Å². The van der Waals surface area contributed by atoms with Crippen LogP contribution in [-0.2, 0) is 4.74 Å². The Kier molecular flexibility index (Phi) is 9.93. The van der Waals surface area contributed by atoms with Crippen LogP contribution in [0, 0.1) is 0 Å². The maximum atomic E-state index is 12.5. The van der Waals surface area contributed by atoms with Crippen molar-refractivity contribution in [1.82, 2.24) is 10.6 Å². The van der Waals surface area contributed by atoms with Crippen molar-refractivity contribution in [3.63, 3.8) is 0 Å². The van der Waals surface area contributed by atoms with E-state index < -0.39 is 0 Å². The van der Waals surface area contributed by atoms with Crippen LogP contribution in [0.1, 0.15) is 47.4 Å². The summed E-state index contributed by atoms with van der Waals surface area (Å²) in [5, 5.41) is 8.50. The van der Waals surface area contributed by atoms with E-state index in [0.717, 1.165) is 6.42 Å². The summed E-state index contributed by atoms with van der Waals surface area (Å²) < 4.78 is 10.7. The van der Waals surface area contributed by atoms with Crippen LogP contribution in [0.3, 0.4) is 0 Å². The van der Waals surface area contributed by atoms with Crippen molar-refractivity contribution in [2.24, 2.45) is 0 Å². The fourth-order valence-corrected chi connectivity index (χ4v) is 2.84. The molecule has 166 valence electrons. The van der Waals surface area contributed by atoms with Gasteiger partial charge in [0.2, 0.25) is 0 Å². The quantitative estimate of drug-likeness (QED) is 0.383. The summed E-state index contributed by atoms with van der Waals surface area (Å²) in [6.07, 6.45) is 1.72. The van der Waals surface area contributed by atoms with Gasteiger partial charge in [0.15, 0.2) is 5.11 Å². The van der Waals surface area contributed by atoms with Gasteiger partial charge in [-0.25, -0.2) is 0 Å². The van der Waals surface area contributed by atoms with Gasteiger partial charge in [-0.1, -0.05) is 19.1 Å². The van der Waals surface area contributed by atoms with Crippen LogP contribution in [0.25, 0.3) is 0 Å². The highest BCUT2D eigenvalue weighted by Crippen LogP contribution is 2.16. The van der Waals surface area contributed by atoms with Crippen LogP contribution >= 0.6 is 12.2 Å². The SMILES string of the molecule is CCC(C)Oc1ccc(C(=O)NC(=S)Nc2ccccc2C(=O)NCCCOC)cc1. The van der Waals surface area contributed by atoms with E-state index in [1.807, 2.05) is 13.8 Å². The van der Waals surface area contributed by atoms with Gasteiger partial charge < -0.3 is 20.1 Å². The zero-order valence-corrected chi connectivity index (χ0v) is 18.9. The minimum absolute atomic E-state index is 0.101. The van der Waals surface area contributed by atoms with Gasteiger partial charge in [0.05, 0.1) is 17.4 Å². The smallest absolute Gasteiger partial charge is 0.257 e. The molecule has 2 aromatic rings. The molecule has 0 aliphatic rings. The van der Waals surface area contributed by atoms with Gasteiger partial charge in [-0.15, -0.1) is 0 Å². The van der Waals surface area contributed by atoms with E-state index in [2.05, 4.69) is 16.0 Å². The summed E-state index contributed by atoms with van der Waals surface area (Å²) in [5.41, 5.74) is 1.39. The number of anilines is 1. The Morgan fingerprint density at radius 3 is 2.45 bits per heavy atom. The minimum atomic E-state index is -0.353. The van der Waals surface area contributed by atoms with Gasteiger partial charge in [-0.05, 0) is 68.4 Å². The minimum Gasteiger partial charge on any atom is -0.491 e. The lowest BCUT2D eigenvalue weighted by molar-refractivity contribution is 0.0947.